The Kier molecular flexibility index (Phi) is 44.4. The van der Waals surface area contributed by atoms with Gasteiger partial charge in [-0.1, -0.05) is 88.0 Å². The molecule has 1 heteroatoms. The Labute approximate surface area is 118 Å². The van der Waals surface area contributed by atoms with Gasteiger partial charge in [-0.05, 0) is 18.8 Å². The highest BCUT2D eigenvalue weighted by Gasteiger charge is 2.17. The molecule has 116 valence electrons. The molecule has 0 amide bonds. The topological polar surface area (TPSA) is 0 Å². The van der Waals surface area contributed by atoms with Crippen LogP contribution in [0, 0.1) is 5.92 Å². The van der Waals surface area contributed by atoms with Gasteiger partial charge in [-0.15, -0.1) is 0 Å². The van der Waals surface area contributed by atoms with Crippen molar-refractivity contribution in [3.05, 3.63) is 0 Å². The van der Waals surface area contributed by atoms with Crippen molar-refractivity contribution in [3.8, 4) is 0 Å². The van der Waals surface area contributed by atoms with Gasteiger partial charge < -0.3 is 0 Å². The molecule has 0 bridgehead atoms. The molecule has 0 aromatic heterocycles. The Hall–Kier alpha value is -0.0700. The van der Waals surface area contributed by atoms with Crippen LogP contribution in [0.3, 0.4) is 0 Å². The first-order valence-electron chi connectivity index (χ1n) is 8.40. The third kappa shape index (κ3) is 21.2. The van der Waals surface area contributed by atoms with Crippen molar-refractivity contribution in [2.24, 2.45) is 5.92 Å². The molecule has 0 aliphatic carbocycles. The first-order valence-corrected chi connectivity index (χ1v) is 8.40. The maximum absolute atomic E-state index is 13.4. The van der Waals surface area contributed by atoms with Crippen molar-refractivity contribution in [2.45, 2.75) is 107 Å². The average Bonchev–Trinajstić information content (AvgIpc) is 2.46. The number of unbranched alkanes of at least 4 members (excludes halogenated alkanes) is 1. The minimum atomic E-state index is -0.549. The van der Waals surface area contributed by atoms with E-state index in [1.165, 1.54) is 12.8 Å². The van der Waals surface area contributed by atoms with Crippen LogP contribution in [0.4, 0.5) is 4.39 Å². The van der Waals surface area contributed by atoms with Gasteiger partial charge in [-0.3, -0.25) is 0 Å². The third-order valence-electron chi connectivity index (χ3n) is 2.53. The quantitative estimate of drug-likeness (QED) is 0.449. The summed E-state index contributed by atoms with van der Waals surface area (Å²) in [7, 11) is 0. The van der Waals surface area contributed by atoms with E-state index in [1.807, 2.05) is 41.5 Å². The molecule has 2 atom stereocenters. The number of hydrogen-bond acceptors (Lipinski definition) is 0. The zero-order valence-electron chi connectivity index (χ0n) is 14.8. The molecule has 0 rings (SSSR count). The Bertz CT molecular complexity index is 91.6. The molecule has 0 spiro atoms. The van der Waals surface area contributed by atoms with E-state index in [0.717, 1.165) is 25.7 Å². The lowest BCUT2D eigenvalue weighted by Gasteiger charge is -2.18. The number of halogens is 1. The summed E-state index contributed by atoms with van der Waals surface area (Å²) in [5.74, 6) is 0.324. The predicted octanol–water partition coefficient (Wildman–Crippen LogP) is 7.42. The monoisotopic (exact) mass is 264 g/mol. The molecule has 0 nitrogen and oxygen atoms in total. The first kappa shape index (κ1) is 26.5. The van der Waals surface area contributed by atoms with Crippen molar-refractivity contribution in [2.75, 3.05) is 0 Å². The molecule has 0 heterocycles. The summed E-state index contributed by atoms with van der Waals surface area (Å²) in [6.07, 6.45) is 5.63. The second-order valence-corrected chi connectivity index (χ2v) is 3.62. The third-order valence-corrected chi connectivity index (χ3v) is 2.53. The van der Waals surface area contributed by atoms with Crippen LogP contribution >= 0.6 is 0 Å². The van der Waals surface area contributed by atoms with Crippen LogP contribution in [0.5, 0.6) is 0 Å². The lowest BCUT2D eigenvalue weighted by atomic mass is 9.92. The molecule has 0 saturated carbocycles. The highest BCUT2D eigenvalue weighted by molar-refractivity contribution is 4.67. The smallest absolute Gasteiger partial charge is 0.103 e. The summed E-state index contributed by atoms with van der Waals surface area (Å²) in [6.45, 7) is 18.3. The van der Waals surface area contributed by atoms with Crippen LogP contribution in [0.2, 0.25) is 0 Å². The molecule has 0 radical (unpaired) electrons. The van der Waals surface area contributed by atoms with Gasteiger partial charge in [0.15, 0.2) is 0 Å². The van der Waals surface area contributed by atoms with Gasteiger partial charge in [-0.2, -0.15) is 0 Å². The molecule has 0 aliphatic heterocycles. The zero-order chi connectivity index (χ0) is 15.4. The first-order chi connectivity index (χ1) is 8.76. The second kappa shape index (κ2) is 30.2. The van der Waals surface area contributed by atoms with Crippen LogP contribution in [0.1, 0.15) is 101 Å². The molecule has 0 saturated heterocycles. The summed E-state index contributed by atoms with van der Waals surface area (Å²) in [4.78, 5) is 0. The van der Waals surface area contributed by atoms with E-state index in [-0.39, 0.29) is 0 Å². The fourth-order valence-electron chi connectivity index (χ4n) is 1.62. The maximum Gasteiger partial charge on any atom is 0.103 e. The fourth-order valence-corrected chi connectivity index (χ4v) is 1.62. The highest BCUT2D eigenvalue weighted by Crippen LogP contribution is 2.22. The summed E-state index contributed by atoms with van der Waals surface area (Å²) in [5.41, 5.74) is 0. The molecule has 0 aliphatic rings. The normalized spacial score (nSPS) is 11.7. The summed E-state index contributed by atoms with van der Waals surface area (Å²) >= 11 is 0. The van der Waals surface area contributed by atoms with Gasteiger partial charge in [0.25, 0.3) is 0 Å². The van der Waals surface area contributed by atoms with Gasteiger partial charge in [0.1, 0.15) is 6.17 Å². The van der Waals surface area contributed by atoms with Gasteiger partial charge >= 0.3 is 0 Å². The SMILES string of the molecule is CC.CC.CC.CCCCC(CC)C(F)CCC. The lowest BCUT2D eigenvalue weighted by Crippen LogP contribution is -2.14. The Morgan fingerprint density at radius 3 is 1.44 bits per heavy atom. The molecule has 0 N–H and O–H groups in total. The fraction of sp³-hybridized carbons (Fsp3) is 1.00. The lowest BCUT2D eigenvalue weighted by molar-refractivity contribution is 0.194. The van der Waals surface area contributed by atoms with Crippen LogP contribution in [-0.4, -0.2) is 6.17 Å². The summed E-state index contributed by atoms with van der Waals surface area (Å²) in [5, 5.41) is 0. The molecule has 0 aromatic carbocycles. The van der Waals surface area contributed by atoms with Gasteiger partial charge in [0.05, 0.1) is 0 Å². The predicted molar refractivity (Wildman–Crippen MR) is 87.2 cm³/mol. The van der Waals surface area contributed by atoms with Crippen molar-refractivity contribution in [3.63, 3.8) is 0 Å². The molecule has 0 aromatic rings. The van der Waals surface area contributed by atoms with Crippen LogP contribution in [0.25, 0.3) is 0 Å². The van der Waals surface area contributed by atoms with Crippen LogP contribution < -0.4 is 0 Å². The van der Waals surface area contributed by atoms with Crippen molar-refractivity contribution >= 4 is 0 Å². The van der Waals surface area contributed by atoms with E-state index < -0.39 is 6.17 Å². The van der Waals surface area contributed by atoms with Gasteiger partial charge in [-0.25, -0.2) is 4.39 Å². The van der Waals surface area contributed by atoms with Crippen molar-refractivity contribution in [1.29, 1.82) is 0 Å². The van der Waals surface area contributed by atoms with E-state index in [0.29, 0.717) is 5.92 Å². The zero-order valence-corrected chi connectivity index (χ0v) is 14.8. The minimum absolute atomic E-state index is 0.324. The molecular formula is C17H41F. The summed E-state index contributed by atoms with van der Waals surface area (Å²) < 4.78 is 13.4. The van der Waals surface area contributed by atoms with Crippen LogP contribution in [-0.2, 0) is 0 Å². The van der Waals surface area contributed by atoms with Crippen molar-refractivity contribution < 1.29 is 4.39 Å². The van der Waals surface area contributed by atoms with E-state index in [2.05, 4.69) is 20.8 Å². The summed E-state index contributed by atoms with van der Waals surface area (Å²) in [6, 6.07) is 0. The molecule has 0 fully saturated rings. The maximum atomic E-state index is 13.4. The van der Waals surface area contributed by atoms with Crippen molar-refractivity contribution in [1.82, 2.24) is 0 Å². The number of rotatable bonds is 7. The largest absolute Gasteiger partial charge is 0.247 e. The Morgan fingerprint density at radius 1 is 0.722 bits per heavy atom. The van der Waals surface area contributed by atoms with Gasteiger partial charge in [0, 0.05) is 0 Å². The molecular weight excluding hydrogens is 223 g/mol. The van der Waals surface area contributed by atoms with E-state index >= 15 is 0 Å². The number of alkyl halides is 1. The second-order valence-electron chi connectivity index (χ2n) is 3.62. The standard InChI is InChI=1S/C11H23F.3C2H6/c1-4-7-9-10(6-3)11(12)8-5-2;3*1-2/h10-11H,4-9H2,1-3H3;3*1-2H3. The Morgan fingerprint density at radius 2 is 1.17 bits per heavy atom. The van der Waals surface area contributed by atoms with E-state index in [1.54, 1.807) is 0 Å². The molecule has 2 unspecified atom stereocenters. The number of hydrogen-bond donors (Lipinski definition) is 0. The van der Waals surface area contributed by atoms with E-state index in [4.69, 9.17) is 0 Å². The van der Waals surface area contributed by atoms with Gasteiger partial charge in [0.2, 0.25) is 0 Å². The minimum Gasteiger partial charge on any atom is -0.247 e. The molecule has 18 heavy (non-hydrogen) atoms. The Balaban J connectivity index is -0.000000141. The van der Waals surface area contributed by atoms with E-state index in [9.17, 15) is 4.39 Å². The highest BCUT2D eigenvalue weighted by atomic mass is 19.1. The van der Waals surface area contributed by atoms with Crippen LogP contribution in [0.15, 0.2) is 0 Å². The average molecular weight is 265 g/mol.